The molecule has 0 spiro atoms. The molecule has 1 saturated heterocycles. The van der Waals surface area contributed by atoms with Gasteiger partial charge >= 0.3 is 158 Å². The third-order valence-electron chi connectivity index (χ3n) is 31.8. The fraction of sp³-hybridized carbons (Fsp3) is 0.602. The first-order valence-corrected chi connectivity index (χ1v) is 53.5. The zero-order valence-electron chi connectivity index (χ0n) is 84.9. The second-order valence-electron chi connectivity index (χ2n) is 41.4. The average molecular weight is 2200 g/mol. The van der Waals surface area contributed by atoms with Crippen molar-refractivity contribution < 1.29 is 180 Å². The topological polar surface area (TPSA) is 581 Å². The first-order valence-electron chi connectivity index (χ1n) is 47.1. The first kappa shape index (κ1) is 114. The van der Waals surface area contributed by atoms with Gasteiger partial charge in [0, 0.05) is 99.2 Å². The van der Waals surface area contributed by atoms with Gasteiger partial charge in [-0.05, 0) is 128 Å². The molecular formula is C103H132O39Pb. The molecule has 6 saturated carbocycles. The number of ketones is 4. The summed E-state index contributed by atoms with van der Waals surface area (Å²) in [5.74, 6) is -18.8. The van der Waals surface area contributed by atoms with Crippen LogP contribution in [-0.2, 0) is 125 Å². The molecule has 10 aliphatic rings. The third kappa shape index (κ3) is 20.5. The SMILES string of the molecule is CC(=O)O[C@H]1C(=O)[C@@]2(C)C([C@H](OC(=O)c3ccccc3)[C@]3(O)C[C@H](O)C(C)=C1C3(C)C)[C@]1(OC(C)=O)COC1C[C@@H]2C.CC(=O)O[C@H]1C(=O)[C@]2(C)C(C)C[C@H](OC(C)=O)C(=O)C2[C@H](OC(=O)c2ccccc2)[C@]2(O)C[C@H](O)C(C)=C1C2(C)C.CC(=O)O[C@H]1C(=O)[C@]2(C)C(C)C[C@H](OC(C)=O)[C@@](O)(CO)C2[C@H](OC(=O)c2ccccc2)[C@]2(O)C[C@H](O)C(C)=C1C2(C)C.CC(=O)[O][Pb]([O]C(C)=O)([O]C(C)=O)[O]C(C)=O. The number of Topliss-reactive ketones (excluding diaryl/α,β-unsaturated/α-hetero) is 4. The molecule has 7 fully saturated rings. The Kier molecular flexibility index (Phi) is 33.5. The van der Waals surface area contributed by atoms with E-state index in [4.69, 9.17) is 47.4 Å². The van der Waals surface area contributed by atoms with E-state index in [1.54, 1.807) is 150 Å². The summed E-state index contributed by atoms with van der Waals surface area (Å²) in [5.41, 5.74) is -17.1. The fourth-order valence-corrected chi connectivity index (χ4v) is 30.5. The second kappa shape index (κ2) is 42.0. The van der Waals surface area contributed by atoms with Crippen molar-refractivity contribution in [1.82, 2.24) is 0 Å². The van der Waals surface area contributed by atoms with Gasteiger partial charge in [-0.15, -0.1) is 0 Å². The van der Waals surface area contributed by atoms with Gasteiger partial charge in [0.15, 0.2) is 53.1 Å². The molecule has 39 nitrogen and oxygen atoms in total. The van der Waals surface area contributed by atoms with E-state index in [2.05, 4.69) is 10.7 Å². The number of benzene rings is 3. The molecule has 13 rings (SSSR count). The summed E-state index contributed by atoms with van der Waals surface area (Å²) >= 11 is -5.43. The molecule has 0 aromatic heterocycles. The predicted molar refractivity (Wildman–Crippen MR) is 496 cm³/mol. The van der Waals surface area contributed by atoms with Crippen LogP contribution in [0.3, 0.4) is 0 Å². The van der Waals surface area contributed by atoms with Gasteiger partial charge < -0.3 is 88.2 Å². The van der Waals surface area contributed by atoms with Gasteiger partial charge in [0.2, 0.25) is 0 Å². The Balaban J connectivity index is 0.000000204. The zero-order chi connectivity index (χ0) is 108. The van der Waals surface area contributed by atoms with E-state index in [-0.39, 0.29) is 72.1 Å². The molecular weight excluding hydrogens is 2070 g/mol. The number of ether oxygens (including phenoxy) is 10. The van der Waals surface area contributed by atoms with Crippen LogP contribution in [0.2, 0.25) is 0 Å². The summed E-state index contributed by atoms with van der Waals surface area (Å²) in [6, 6.07) is 24.2. The summed E-state index contributed by atoms with van der Waals surface area (Å²) in [6.45, 7) is 34.5. The normalized spacial score (nSPS) is 35.1. The summed E-state index contributed by atoms with van der Waals surface area (Å²) in [6.07, 6.45) is -17.3. The predicted octanol–water partition coefficient (Wildman–Crippen LogP) is 7.21. The average Bonchev–Trinajstić information content (AvgIpc) is 0.672. The van der Waals surface area contributed by atoms with Crippen molar-refractivity contribution in [2.75, 3.05) is 13.2 Å². The van der Waals surface area contributed by atoms with Crippen molar-refractivity contribution in [1.29, 1.82) is 0 Å². The monoisotopic (exact) mass is 2200 g/mol. The maximum absolute atomic E-state index is 15.0. The van der Waals surface area contributed by atoms with Gasteiger partial charge in [-0.3, -0.25) is 47.9 Å². The number of esters is 9. The van der Waals surface area contributed by atoms with Gasteiger partial charge in [-0.2, -0.15) is 0 Å². The van der Waals surface area contributed by atoms with Crippen LogP contribution in [0.5, 0.6) is 0 Å². The number of aliphatic hydroxyl groups is 8. The molecule has 143 heavy (non-hydrogen) atoms. The zero-order valence-corrected chi connectivity index (χ0v) is 88.8. The standard InChI is InChI=1S/C32H42O11.C32H40O10.C31H38O10.4C2H4O2.Pb/c1-16-13-22(41-18(3)34)31(39,15-33)25-27(43-28(38)20-11-9-8-10-12-20)32(40)14-21(36)17(2)23(29(32,5)6)24(42-19(4)35)26(37)30(16,25)7;1-16-13-22-31(15-39-22,42-19(4)34)25-27(41-28(37)20-11-9-8-10-12-20)32(38)14-21(35)17(2)23(29(32,5)6)24(40-18(3)33)26(36)30(16,25)7;1-15-13-21(39-17(3)32)24(35)23-27(41-28(37)19-11-9-8-10-12-19)31(38)14-20(34)16(2)22(29(31,5)6)25(40-18(4)33)26(36)30(15,23)7;4*1-2(3)4;/h8-12,16,21-22,24-25,27,33,36,39-40H,13-15H2,1-7H3;8-12,16,21-22,24-25,27,35,38H,13-15H2,1-7H3;8-12,15,20-21,23,25,27,34,38H,13-14H2,1-7H3;4*1H3,(H,3,4);/q;;;;;;;+4/p-4/t16?,21-,22-,24+,25?,27-,30+,31-,32+;16-,21-,22?,24+,25?,27-,30+,31-,32+;15?,20-,21-,23?,25+,27-,30+,31+;;;;;/m000...../s1. The number of rotatable bonds is 17. The van der Waals surface area contributed by atoms with Gasteiger partial charge in [-0.25, -0.2) is 14.4 Å². The molecule has 6 unspecified atom stereocenters. The number of carbonyl (C=O) groups is 17. The van der Waals surface area contributed by atoms with E-state index < -0.39 is 300 Å². The fourth-order valence-electron chi connectivity index (χ4n) is 24.0. The van der Waals surface area contributed by atoms with Crippen molar-refractivity contribution in [3.63, 3.8) is 0 Å². The van der Waals surface area contributed by atoms with Gasteiger partial charge in [0.25, 0.3) is 0 Å². The van der Waals surface area contributed by atoms with Crippen LogP contribution in [0.1, 0.15) is 243 Å². The molecule has 6 bridgehead atoms. The van der Waals surface area contributed by atoms with Crippen LogP contribution in [0.4, 0.5) is 0 Å². The Morgan fingerprint density at radius 2 is 0.678 bits per heavy atom. The summed E-state index contributed by atoms with van der Waals surface area (Å²) in [5, 5.41) is 95.4. The van der Waals surface area contributed by atoms with Crippen molar-refractivity contribution in [2.24, 2.45) is 68.0 Å². The number of aliphatic hydroxyl groups excluding tert-OH is 4. The van der Waals surface area contributed by atoms with Crippen molar-refractivity contribution in [3.05, 3.63) is 141 Å². The molecule has 0 amide bonds. The second-order valence-corrected chi connectivity index (χ2v) is 48.5. The molecule has 8 N–H and O–H groups in total. The Morgan fingerprint density at radius 3 is 0.986 bits per heavy atom. The van der Waals surface area contributed by atoms with Crippen LogP contribution < -0.4 is 0 Å². The van der Waals surface area contributed by atoms with Gasteiger partial charge in [0.05, 0.1) is 60.1 Å². The van der Waals surface area contributed by atoms with Gasteiger partial charge in [0.1, 0.15) is 52.9 Å². The van der Waals surface area contributed by atoms with Crippen LogP contribution in [0.15, 0.2) is 124 Å². The summed E-state index contributed by atoms with van der Waals surface area (Å²) in [4.78, 5) is 217. The van der Waals surface area contributed by atoms with E-state index >= 15 is 0 Å². The molecule has 1 aliphatic heterocycles. The quantitative estimate of drug-likeness (QED) is 0.0286. The number of hydrogen-bond acceptors (Lipinski definition) is 39. The number of fused-ring (bicyclic) bond motifs is 11. The third-order valence-corrected chi connectivity index (χ3v) is 40.2. The number of carbonyl (C=O) groups excluding carboxylic acids is 17. The van der Waals surface area contributed by atoms with E-state index in [1.165, 1.54) is 52.0 Å². The number of hydrogen-bond donors (Lipinski definition) is 8. The molecule has 9 aliphatic carbocycles. The van der Waals surface area contributed by atoms with Crippen LogP contribution in [-0.4, -0.2) is 279 Å². The molecule has 40 heteroatoms. The Hall–Kier alpha value is -10.8. The van der Waals surface area contributed by atoms with Crippen LogP contribution >= 0.6 is 0 Å². The van der Waals surface area contributed by atoms with Crippen LogP contribution in [0, 0.1) is 68.0 Å². The molecule has 1 heterocycles. The Bertz CT molecular complexity index is 5570. The maximum atomic E-state index is 15.0. The Morgan fingerprint density at radius 1 is 0.378 bits per heavy atom. The van der Waals surface area contributed by atoms with Crippen molar-refractivity contribution in [2.45, 2.75) is 313 Å². The van der Waals surface area contributed by atoms with E-state index in [0.29, 0.717) is 23.1 Å². The van der Waals surface area contributed by atoms with E-state index in [1.807, 2.05) is 6.92 Å². The molecule has 26 atom stereocenters. The molecule has 0 radical (unpaired) electrons. The summed E-state index contributed by atoms with van der Waals surface area (Å²) < 4.78 is 76.8. The molecule has 3 aromatic rings. The van der Waals surface area contributed by atoms with E-state index in [0.717, 1.165) is 55.4 Å². The van der Waals surface area contributed by atoms with Crippen molar-refractivity contribution >= 4 is 124 Å². The van der Waals surface area contributed by atoms with E-state index in [9.17, 15) is 122 Å². The van der Waals surface area contributed by atoms with Crippen molar-refractivity contribution in [3.8, 4) is 0 Å². The molecule has 782 valence electrons. The molecule has 3 aromatic carbocycles. The van der Waals surface area contributed by atoms with Crippen LogP contribution in [0.25, 0.3) is 0 Å². The summed E-state index contributed by atoms with van der Waals surface area (Å²) in [7, 11) is 0. The minimum atomic E-state index is -5.43. The minimum absolute atomic E-state index is 0.00816. The van der Waals surface area contributed by atoms with Gasteiger partial charge in [-0.1, -0.05) is 138 Å². The Labute approximate surface area is 834 Å². The first-order chi connectivity index (χ1) is 66.0.